The molecule has 3 aromatic carbocycles. The first-order valence-electron chi connectivity index (χ1n) is 10.3. The summed E-state index contributed by atoms with van der Waals surface area (Å²) in [6, 6.07) is 19.6. The molecule has 3 nitrogen and oxygen atoms in total. The number of benzene rings is 3. The maximum atomic E-state index is 11.6. The molecule has 0 atom stereocenters. The monoisotopic (exact) mass is 408 g/mol. The number of rotatable bonds is 4. The lowest BCUT2D eigenvalue weighted by Gasteiger charge is -2.32. The smallest absolute Gasteiger partial charge is 0.336 e. The quantitative estimate of drug-likeness (QED) is 0.523. The van der Waals surface area contributed by atoms with Crippen LogP contribution in [0.4, 0.5) is 0 Å². The van der Waals surface area contributed by atoms with Gasteiger partial charge in [0.05, 0.1) is 5.56 Å². The predicted molar refractivity (Wildman–Crippen MR) is 124 cm³/mol. The van der Waals surface area contributed by atoms with E-state index in [-0.39, 0.29) is 5.56 Å². The molecule has 0 bridgehead atoms. The number of hydrogen-bond donors (Lipinski definition) is 1. The number of carboxylic acid groups (broad SMARTS) is 1. The molecule has 3 heteroatoms. The molecular formula is C28H24O3. The van der Waals surface area contributed by atoms with Gasteiger partial charge in [-0.1, -0.05) is 55.3 Å². The molecule has 0 aliphatic carbocycles. The number of aromatic carboxylic acids is 1. The topological polar surface area (TPSA) is 46.5 Å². The Bertz CT molecular complexity index is 1240. The Morgan fingerprint density at radius 3 is 2.39 bits per heavy atom. The summed E-state index contributed by atoms with van der Waals surface area (Å²) in [6.45, 7) is 6.22. The maximum absolute atomic E-state index is 11.6. The highest BCUT2D eigenvalue weighted by Crippen LogP contribution is 2.42. The van der Waals surface area contributed by atoms with Crippen LogP contribution in [0.25, 0.3) is 16.7 Å². The normalized spacial score (nSPS) is 14.1. The number of carboxylic acids is 1. The number of fused-ring (bicyclic) bond motifs is 1. The Morgan fingerprint density at radius 2 is 1.74 bits per heavy atom. The molecule has 0 fully saturated rings. The van der Waals surface area contributed by atoms with Gasteiger partial charge in [0.25, 0.3) is 0 Å². The molecular weight excluding hydrogens is 384 g/mol. The van der Waals surface area contributed by atoms with Crippen molar-refractivity contribution in [3.05, 3.63) is 94.6 Å². The summed E-state index contributed by atoms with van der Waals surface area (Å²) in [6.07, 6.45) is 8.82. The fourth-order valence-electron chi connectivity index (χ4n) is 4.02. The third-order valence-electron chi connectivity index (χ3n) is 5.56. The van der Waals surface area contributed by atoms with E-state index in [1.54, 1.807) is 6.07 Å². The fourth-order valence-corrected chi connectivity index (χ4v) is 4.02. The van der Waals surface area contributed by atoms with Crippen LogP contribution >= 0.6 is 0 Å². The van der Waals surface area contributed by atoms with E-state index < -0.39 is 11.6 Å². The first kappa shape index (κ1) is 20.5. The van der Waals surface area contributed by atoms with E-state index in [1.165, 1.54) is 11.6 Å². The van der Waals surface area contributed by atoms with Crippen molar-refractivity contribution >= 4 is 11.5 Å². The van der Waals surface area contributed by atoms with Gasteiger partial charge >= 0.3 is 5.97 Å². The van der Waals surface area contributed by atoms with Gasteiger partial charge in [-0.25, -0.2) is 4.79 Å². The van der Waals surface area contributed by atoms with Gasteiger partial charge < -0.3 is 9.84 Å². The number of ether oxygens (including phenoxy) is 1. The van der Waals surface area contributed by atoms with Crippen molar-refractivity contribution in [1.29, 1.82) is 0 Å². The van der Waals surface area contributed by atoms with E-state index in [2.05, 4.69) is 43.2 Å². The van der Waals surface area contributed by atoms with E-state index in [4.69, 9.17) is 11.2 Å². The summed E-state index contributed by atoms with van der Waals surface area (Å²) in [5.74, 6) is 2.33. The van der Waals surface area contributed by atoms with Crippen LogP contribution in [0.3, 0.4) is 0 Å². The molecule has 1 aliphatic heterocycles. The minimum absolute atomic E-state index is 0.126. The molecule has 4 rings (SSSR count). The Morgan fingerprint density at radius 1 is 1.03 bits per heavy atom. The summed E-state index contributed by atoms with van der Waals surface area (Å²) >= 11 is 0. The molecule has 0 saturated carbocycles. The highest BCUT2D eigenvalue weighted by atomic mass is 16.5. The predicted octanol–water partition coefficient (Wildman–Crippen LogP) is 6.20. The summed E-state index contributed by atoms with van der Waals surface area (Å²) in [7, 11) is 0. The van der Waals surface area contributed by atoms with Crippen molar-refractivity contribution in [2.45, 2.75) is 32.8 Å². The second kappa shape index (κ2) is 7.81. The second-order valence-corrected chi connectivity index (χ2v) is 8.20. The summed E-state index contributed by atoms with van der Waals surface area (Å²) in [4.78, 5) is 11.6. The largest absolute Gasteiger partial charge is 0.483 e. The first-order valence-corrected chi connectivity index (χ1v) is 10.3. The van der Waals surface area contributed by atoms with Crippen LogP contribution in [-0.4, -0.2) is 16.7 Å². The van der Waals surface area contributed by atoms with Crippen LogP contribution in [0, 0.1) is 12.3 Å². The maximum Gasteiger partial charge on any atom is 0.336 e. The van der Waals surface area contributed by atoms with Gasteiger partial charge in [0.1, 0.15) is 11.4 Å². The Kier molecular flexibility index (Phi) is 5.17. The number of carbonyl (C=O) groups is 1. The lowest BCUT2D eigenvalue weighted by atomic mass is 9.87. The van der Waals surface area contributed by atoms with Crippen LogP contribution in [0.1, 0.15) is 53.4 Å². The highest BCUT2D eigenvalue weighted by molar-refractivity contribution is 5.95. The zero-order valence-corrected chi connectivity index (χ0v) is 17.9. The summed E-state index contributed by atoms with van der Waals surface area (Å²) in [5.41, 5.74) is 6.09. The van der Waals surface area contributed by atoms with Gasteiger partial charge in [0.2, 0.25) is 0 Å². The van der Waals surface area contributed by atoms with Crippen molar-refractivity contribution in [3.8, 4) is 29.2 Å². The Balaban J connectivity index is 1.89. The zero-order valence-electron chi connectivity index (χ0n) is 17.9. The van der Waals surface area contributed by atoms with Crippen molar-refractivity contribution in [3.63, 3.8) is 0 Å². The molecule has 3 aromatic rings. The fraction of sp³-hybridized carbons (Fsp3) is 0.179. The molecule has 1 N–H and O–H groups in total. The van der Waals surface area contributed by atoms with E-state index >= 15 is 0 Å². The summed E-state index contributed by atoms with van der Waals surface area (Å²) < 4.78 is 6.21. The van der Waals surface area contributed by atoms with E-state index in [9.17, 15) is 9.90 Å². The molecule has 154 valence electrons. The molecule has 0 saturated heterocycles. The molecule has 0 aromatic heterocycles. The van der Waals surface area contributed by atoms with Crippen LogP contribution < -0.4 is 4.74 Å². The van der Waals surface area contributed by atoms with Crippen LogP contribution in [0.5, 0.6) is 5.75 Å². The van der Waals surface area contributed by atoms with Gasteiger partial charge in [0.15, 0.2) is 0 Å². The van der Waals surface area contributed by atoms with Crippen LogP contribution in [0.15, 0.2) is 66.7 Å². The molecule has 1 heterocycles. The zero-order chi connectivity index (χ0) is 22.2. The second-order valence-electron chi connectivity index (χ2n) is 8.20. The Hall–Kier alpha value is -3.77. The number of hydrogen-bond acceptors (Lipinski definition) is 2. The lowest BCUT2D eigenvalue weighted by molar-refractivity contribution is 0.0696. The highest BCUT2D eigenvalue weighted by Gasteiger charge is 2.28. The lowest BCUT2D eigenvalue weighted by Crippen LogP contribution is -2.29. The summed E-state index contributed by atoms with van der Waals surface area (Å²) in [5, 5.41) is 9.53. The molecule has 0 radical (unpaired) electrons. The van der Waals surface area contributed by atoms with E-state index in [0.29, 0.717) is 5.56 Å². The number of aryl methyl sites for hydroxylation is 1. The number of terminal acetylenes is 1. The SMILES string of the molecule is C#Cc1c(C(=O)O)cccc1-c1ccc2c(c1)C(c1ccc(CC)cc1)=CC(C)(C)O2. The van der Waals surface area contributed by atoms with E-state index in [1.807, 2.05) is 38.1 Å². The minimum atomic E-state index is -1.03. The van der Waals surface area contributed by atoms with Gasteiger partial charge in [-0.2, -0.15) is 0 Å². The van der Waals surface area contributed by atoms with Crippen molar-refractivity contribution < 1.29 is 14.6 Å². The average Bonchev–Trinajstić information content (AvgIpc) is 2.77. The van der Waals surface area contributed by atoms with Gasteiger partial charge in [0, 0.05) is 11.1 Å². The molecule has 31 heavy (non-hydrogen) atoms. The minimum Gasteiger partial charge on any atom is -0.483 e. The molecule has 0 unspecified atom stereocenters. The van der Waals surface area contributed by atoms with Crippen molar-refractivity contribution in [1.82, 2.24) is 0 Å². The van der Waals surface area contributed by atoms with Gasteiger partial charge in [-0.05, 0) is 72.4 Å². The molecule has 0 spiro atoms. The third-order valence-corrected chi connectivity index (χ3v) is 5.56. The van der Waals surface area contributed by atoms with Crippen LogP contribution in [0.2, 0.25) is 0 Å². The third kappa shape index (κ3) is 3.85. The van der Waals surface area contributed by atoms with Crippen LogP contribution in [-0.2, 0) is 6.42 Å². The standard InChI is InChI=1S/C28H24O3/c1-5-18-10-12-19(13-11-18)25-17-28(3,4)31-26-15-14-20(16-24(25)26)22-8-7-9-23(27(29)30)21(22)6-2/h2,7-17H,5H2,1,3-4H3,(H,29,30). The first-order chi connectivity index (χ1) is 14.8. The van der Waals surface area contributed by atoms with E-state index in [0.717, 1.165) is 40.0 Å². The van der Waals surface area contributed by atoms with Crippen molar-refractivity contribution in [2.75, 3.05) is 0 Å². The molecule has 1 aliphatic rings. The van der Waals surface area contributed by atoms with Gasteiger partial charge in [-0.3, -0.25) is 0 Å². The Labute approximate surface area is 183 Å². The average molecular weight is 408 g/mol. The molecule has 0 amide bonds. The van der Waals surface area contributed by atoms with Gasteiger partial charge in [-0.15, -0.1) is 6.42 Å². The van der Waals surface area contributed by atoms with Crippen molar-refractivity contribution in [2.24, 2.45) is 0 Å².